The molecule has 0 radical (unpaired) electrons. The molecule has 2 aromatic rings. The fourth-order valence-corrected chi connectivity index (χ4v) is 2.88. The molecule has 3 rings (SSSR count). The molecule has 1 saturated heterocycles. The van der Waals surface area contributed by atoms with Gasteiger partial charge in [0.1, 0.15) is 5.82 Å². The van der Waals surface area contributed by atoms with E-state index in [1.165, 1.54) is 12.1 Å². The van der Waals surface area contributed by atoms with E-state index in [1.54, 1.807) is 29.4 Å². The van der Waals surface area contributed by atoms with Gasteiger partial charge in [-0.1, -0.05) is 12.1 Å². The van der Waals surface area contributed by atoms with E-state index in [0.717, 1.165) is 30.8 Å². The summed E-state index contributed by atoms with van der Waals surface area (Å²) in [5.41, 5.74) is 2.34. The lowest BCUT2D eigenvalue weighted by molar-refractivity contribution is -0.118. The molecule has 0 bridgehead atoms. The molecule has 0 saturated carbocycles. The third-order valence-electron chi connectivity index (χ3n) is 4.43. The fraction of sp³-hybridized carbons (Fsp3) is 0.316. The van der Waals surface area contributed by atoms with E-state index in [4.69, 9.17) is 0 Å². The van der Waals surface area contributed by atoms with Crippen molar-refractivity contribution in [2.75, 3.05) is 37.6 Å². The van der Waals surface area contributed by atoms with Gasteiger partial charge in [0.05, 0.1) is 17.4 Å². The predicted octanol–water partition coefficient (Wildman–Crippen LogP) is 1.47. The number of nitrogens with one attached hydrogen (secondary N) is 1. The number of nitrogens with zero attached hydrogens (tertiary/aromatic N) is 3. The Labute approximate surface area is 151 Å². The maximum absolute atomic E-state index is 12.9. The molecule has 1 N–H and O–H groups in total. The SMILES string of the molecule is O=CN1CCN(c2cncc(C(=O)NCCc3ccc(F)cc3)c2)CC1. The number of hydrogen-bond acceptors (Lipinski definition) is 4. The van der Waals surface area contributed by atoms with Crippen LogP contribution in [0.1, 0.15) is 15.9 Å². The van der Waals surface area contributed by atoms with Crippen molar-refractivity contribution in [3.05, 3.63) is 59.7 Å². The summed E-state index contributed by atoms with van der Waals surface area (Å²) in [6, 6.07) is 8.06. The fourth-order valence-electron chi connectivity index (χ4n) is 2.88. The van der Waals surface area contributed by atoms with E-state index in [1.807, 2.05) is 6.07 Å². The monoisotopic (exact) mass is 356 g/mol. The quantitative estimate of drug-likeness (QED) is 0.796. The summed E-state index contributed by atoms with van der Waals surface area (Å²) < 4.78 is 12.9. The number of pyridine rings is 1. The highest BCUT2D eigenvalue weighted by Crippen LogP contribution is 2.16. The van der Waals surface area contributed by atoms with Gasteiger partial charge in [0.25, 0.3) is 5.91 Å². The van der Waals surface area contributed by atoms with E-state index in [0.29, 0.717) is 31.6 Å². The average molecular weight is 356 g/mol. The number of benzene rings is 1. The van der Waals surface area contributed by atoms with Crippen LogP contribution in [0.3, 0.4) is 0 Å². The number of piperazine rings is 1. The van der Waals surface area contributed by atoms with Crippen LogP contribution in [-0.2, 0) is 11.2 Å². The molecule has 2 amide bonds. The number of carbonyl (C=O) groups is 2. The van der Waals surface area contributed by atoms with Crippen LogP contribution in [0.15, 0.2) is 42.7 Å². The molecule has 0 unspecified atom stereocenters. The van der Waals surface area contributed by atoms with Gasteiger partial charge in [0.2, 0.25) is 6.41 Å². The first kappa shape index (κ1) is 17.8. The first-order valence-corrected chi connectivity index (χ1v) is 8.58. The molecular weight excluding hydrogens is 335 g/mol. The van der Waals surface area contributed by atoms with Crippen LogP contribution >= 0.6 is 0 Å². The molecule has 136 valence electrons. The molecule has 0 aliphatic carbocycles. The highest BCUT2D eigenvalue weighted by Gasteiger charge is 2.17. The maximum Gasteiger partial charge on any atom is 0.252 e. The Hall–Kier alpha value is -2.96. The summed E-state index contributed by atoms with van der Waals surface area (Å²) in [4.78, 5) is 31.1. The Kier molecular flexibility index (Phi) is 5.78. The van der Waals surface area contributed by atoms with Gasteiger partial charge in [-0.2, -0.15) is 0 Å². The van der Waals surface area contributed by atoms with Crippen molar-refractivity contribution in [2.24, 2.45) is 0 Å². The molecule has 1 aromatic carbocycles. The predicted molar refractivity (Wildman–Crippen MR) is 96.5 cm³/mol. The molecule has 0 atom stereocenters. The molecule has 1 fully saturated rings. The number of hydrogen-bond donors (Lipinski definition) is 1. The van der Waals surface area contributed by atoms with Crippen molar-refractivity contribution in [1.29, 1.82) is 0 Å². The van der Waals surface area contributed by atoms with Crippen LogP contribution in [0.25, 0.3) is 0 Å². The van der Waals surface area contributed by atoms with Gasteiger partial charge < -0.3 is 15.1 Å². The molecule has 1 aliphatic heterocycles. The number of amides is 2. The van der Waals surface area contributed by atoms with Crippen molar-refractivity contribution in [3.8, 4) is 0 Å². The zero-order valence-corrected chi connectivity index (χ0v) is 14.4. The van der Waals surface area contributed by atoms with Gasteiger partial charge in [-0.25, -0.2) is 4.39 Å². The Morgan fingerprint density at radius 1 is 1.15 bits per heavy atom. The normalized spacial score (nSPS) is 14.2. The number of carbonyl (C=O) groups excluding carboxylic acids is 2. The zero-order valence-electron chi connectivity index (χ0n) is 14.4. The van der Waals surface area contributed by atoms with Gasteiger partial charge >= 0.3 is 0 Å². The van der Waals surface area contributed by atoms with Gasteiger partial charge in [0, 0.05) is 38.9 Å². The molecule has 26 heavy (non-hydrogen) atoms. The standard InChI is InChI=1S/C19H21FN4O2/c20-17-3-1-15(2-4-17)5-6-22-19(26)16-11-18(13-21-12-16)24-9-7-23(14-25)8-10-24/h1-4,11-14H,5-10H2,(H,22,26). The van der Waals surface area contributed by atoms with Crippen LogP contribution in [-0.4, -0.2) is 54.9 Å². The highest BCUT2D eigenvalue weighted by atomic mass is 19.1. The van der Waals surface area contributed by atoms with Crippen molar-refractivity contribution >= 4 is 18.0 Å². The summed E-state index contributed by atoms with van der Waals surface area (Å²) in [7, 11) is 0. The topological polar surface area (TPSA) is 65.5 Å². The van der Waals surface area contributed by atoms with Crippen LogP contribution in [0.2, 0.25) is 0 Å². The van der Waals surface area contributed by atoms with Crippen LogP contribution in [0.4, 0.5) is 10.1 Å². The van der Waals surface area contributed by atoms with Gasteiger partial charge in [0.15, 0.2) is 0 Å². The van der Waals surface area contributed by atoms with E-state index >= 15 is 0 Å². The van der Waals surface area contributed by atoms with Crippen molar-refractivity contribution in [2.45, 2.75) is 6.42 Å². The molecule has 7 heteroatoms. The smallest absolute Gasteiger partial charge is 0.252 e. The summed E-state index contributed by atoms with van der Waals surface area (Å²) >= 11 is 0. The summed E-state index contributed by atoms with van der Waals surface area (Å²) in [6.07, 6.45) is 4.76. The van der Waals surface area contributed by atoms with Gasteiger partial charge in [-0.15, -0.1) is 0 Å². The second-order valence-corrected chi connectivity index (χ2v) is 6.19. The number of anilines is 1. The Bertz CT molecular complexity index is 758. The lowest BCUT2D eigenvalue weighted by Crippen LogP contribution is -2.45. The second kappa shape index (κ2) is 8.42. The molecule has 6 nitrogen and oxygen atoms in total. The van der Waals surface area contributed by atoms with Gasteiger partial charge in [-0.3, -0.25) is 14.6 Å². The first-order valence-electron chi connectivity index (χ1n) is 8.58. The van der Waals surface area contributed by atoms with E-state index in [-0.39, 0.29) is 11.7 Å². The third kappa shape index (κ3) is 4.56. The van der Waals surface area contributed by atoms with Crippen LogP contribution in [0, 0.1) is 5.82 Å². The lowest BCUT2D eigenvalue weighted by Gasteiger charge is -2.34. The summed E-state index contributed by atoms with van der Waals surface area (Å²) in [5.74, 6) is -0.456. The zero-order chi connectivity index (χ0) is 18.4. The molecule has 0 spiro atoms. The minimum absolute atomic E-state index is 0.187. The van der Waals surface area contributed by atoms with Crippen LogP contribution in [0.5, 0.6) is 0 Å². The number of halogens is 1. The molecule has 1 aliphatic rings. The summed E-state index contributed by atoms with van der Waals surface area (Å²) in [6.45, 7) is 3.23. The van der Waals surface area contributed by atoms with Crippen molar-refractivity contribution < 1.29 is 14.0 Å². The number of rotatable bonds is 6. The number of aromatic nitrogens is 1. The Morgan fingerprint density at radius 3 is 2.58 bits per heavy atom. The average Bonchev–Trinajstić information content (AvgIpc) is 2.69. The lowest BCUT2D eigenvalue weighted by atomic mass is 10.1. The van der Waals surface area contributed by atoms with E-state index in [2.05, 4.69) is 15.2 Å². The minimum Gasteiger partial charge on any atom is -0.367 e. The first-order chi connectivity index (χ1) is 12.7. The molecule has 2 heterocycles. The molecule has 1 aromatic heterocycles. The largest absolute Gasteiger partial charge is 0.367 e. The molecular formula is C19H21FN4O2. The minimum atomic E-state index is -0.269. The maximum atomic E-state index is 12.9. The van der Waals surface area contributed by atoms with E-state index in [9.17, 15) is 14.0 Å². The van der Waals surface area contributed by atoms with Crippen molar-refractivity contribution in [1.82, 2.24) is 15.2 Å². The second-order valence-electron chi connectivity index (χ2n) is 6.19. The Balaban J connectivity index is 1.54. The summed E-state index contributed by atoms with van der Waals surface area (Å²) in [5, 5.41) is 2.86. The van der Waals surface area contributed by atoms with E-state index < -0.39 is 0 Å². The van der Waals surface area contributed by atoms with Gasteiger partial charge in [-0.05, 0) is 30.2 Å². The van der Waals surface area contributed by atoms with Crippen LogP contribution < -0.4 is 10.2 Å². The van der Waals surface area contributed by atoms with Crippen molar-refractivity contribution in [3.63, 3.8) is 0 Å². The Morgan fingerprint density at radius 2 is 1.88 bits per heavy atom. The third-order valence-corrected chi connectivity index (χ3v) is 4.43. The highest BCUT2D eigenvalue weighted by molar-refractivity contribution is 5.94.